The number of hydrogen-bond acceptors (Lipinski definition) is 4. The van der Waals surface area contributed by atoms with Gasteiger partial charge in [0, 0.05) is 20.3 Å². The van der Waals surface area contributed by atoms with E-state index in [0.29, 0.717) is 5.82 Å². The molecule has 2 aromatic rings. The zero-order valence-corrected chi connectivity index (χ0v) is 7.62. The first kappa shape index (κ1) is 9.24. The van der Waals surface area contributed by atoms with Crippen LogP contribution in [-0.2, 0) is 14.1 Å². The maximum Gasteiger partial charge on any atom is 0.145 e. The predicted octanol–water partition coefficient (Wildman–Crippen LogP) is -0.183. The van der Waals surface area contributed by atoms with Gasteiger partial charge in [-0.2, -0.15) is 10.2 Å². The molecule has 2 aromatic heterocycles. The third-order valence-electron chi connectivity index (χ3n) is 1.27. The first-order chi connectivity index (χ1) is 6.18. The Hall–Kier alpha value is -1.85. The molecule has 70 valence electrons. The van der Waals surface area contributed by atoms with Crippen LogP contribution in [0.1, 0.15) is 0 Å². The molecule has 0 bridgehead atoms. The Morgan fingerprint density at radius 3 is 2.23 bits per heavy atom. The molecule has 0 saturated carbocycles. The summed E-state index contributed by atoms with van der Waals surface area (Å²) >= 11 is 0. The molecule has 0 unspecified atom stereocenters. The normalized spacial score (nSPS) is 9.08. The molecule has 13 heavy (non-hydrogen) atoms. The zero-order chi connectivity index (χ0) is 9.68. The smallest absolute Gasteiger partial charge is 0.145 e. The van der Waals surface area contributed by atoms with Gasteiger partial charge in [-0.1, -0.05) is 0 Å². The molecule has 0 fully saturated rings. The maximum absolute atomic E-state index is 5.25. The van der Waals surface area contributed by atoms with Gasteiger partial charge in [-0.3, -0.25) is 9.36 Å². The standard InChI is InChI=1S/C4H7N3.C3H5N3/c1-7-3-2-4(5)6-7;1-6-3-4-2-5-6/h2-3H,1H3,(H2,5,6);2-3H,1H3. The molecule has 2 rings (SSSR count). The minimum absolute atomic E-state index is 0.572. The van der Waals surface area contributed by atoms with E-state index in [0.717, 1.165) is 0 Å². The second kappa shape index (κ2) is 4.24. The summed E-state index contributed by atoms with van der Waals surface area (Å²) in [7, 11) is 3.66. The average molecular weight is 180 g/mol. The van der Waals surface area contributed by atoms with Gasteiger partial charge in [0.15, 0.2) is 0 Å². The van der Waals surface area contributed by atoms with Crippen LogP contribution in [0.25, 0.3) is 0 Å². The van der Waals surface area contributed by atoms with Gasteiger partial charge < -0.3 is 5.73 Å². The topological polar surface area (TPSA) is 74.6 Å². The number of aryl methyl sites for hydroxylation is 2. The number of rotatable bonds is 0. The van der Waals surface area contributed by atoms with E-state index in [1.54, 1.807) is 28.0 Å². The SMILES string of the molecule is Cn1ccc(N)n1.Cn1cncn1. The van der Waals surface area contributed by atoms with Crippen molar-refractivity contribution in [1.29, 1.82) is 0 Å². The maximum atomic E-state index is 5.25. The summed E-state index contributed by atoms with van der Waals surface area (Å²) in [6.07, 6.45) is 4.94. The Bertz CT molecular complexity index is 319. The largest absolute Gasteiger partial charge is 0.382 e. The molecule has 0 aliphatic rings. The summed E-state index contributed by atoms with van der Waals surface area (Å²) in [5.74, 6) is 0.572. The highest BCUT2D eigenvalue weighted by molar-refractivity contribution is 5.23. The van der Waals surface area contributed by atoms with Gasteiger partial charge in [-0.25, -0.2) is 4.98 Å². The lowest BCUT2D eigenvalue weighted by molar-refractivity contribution is 0.765. The molecule has 2 heterocycles. The molecule has 0 aliphatic heterocycles. The van der Waals surface area contributed by atoms with E-state index in [-0.39, 0.29) is 0 Å². The molecule has 0 radical (unpaired) electrons. The number of nitrogens with two attached hydrogens (primary N) is 1. The van der Waals surface area contributed by atoms with E-state index in [4.69, 9.17) is 5.73 Å². The van der Waals surface area contributed by atoms with Crippen molar-refractivity contribution in [2.24, 2.45) is 14.1 Å². The second-order valence-corrected chi connectivity index (χ2v) is 2.48. The quantitative estimate of drug-likeness (QED) is 0.610. The lowest BCUT2D eigenvalue weighted by atomic mass is 10.7. The third kappa shape index (κ3) is 3.37. The van der Waals surface area contributed by atoms with E-state index in [9.17, 15) is 0 Å². The van der Waals surface area contributed by atoms with Crippen LogP contribution < -0.4 is 5.73 Å². The molecule has 0 aromatic carbocycles. The summed E-state index contributed by atoms with van der Waals surface area (Å²) in [4.78, 5) is 3.67. The molecular weight excluding hydrogens is 168 g/mol. The van der Waals surface area contributed by atoms with Gasteiger partial charge in [0.05, 0.1) is 0 Å². The van der Waals surface area contributed by atoms with Gasteiger partial charge in [0.2, 0.25) is 0 Å². The van der Waals surface area contributed by atoms with Crippen LogP contribution in [-0.4, -0.2) is 24.5 Å². The van der Waals surface area contributed by atoms with Crippen molar-refractivity contribution in [3.05, 3.63) is 24.9 Å². The van der Waals surface area contributed by atoms with Gasteiger partial charge in [0.1, 0.15) is 18.5 Å². The van der Waals surface area contributed by atoms with Gasteiger partial charge >= 0.3 is 0 Å². The summed E-state index contributed by atoms with van der Waals surface area (Å²) in [6, 6.07) is 1.75. The van der Waals surface area contributed by atoms with Crippen LogP contribution in [0.3, 0.4) is 0 Å². The fraction of sp³-hybridized carbons (Fsp3) is 0.286. The Balaban J connectivity index is 0.000000132. The third-order valence-corrected chi connectivity index (χ3v) is 1.27. The Labute approximate surface area is 76.0 Å². The molecular formula is C7H12N6. The van der Waals surface area contributed by atoms with Crippen LogP contribution in [0, 0.1) is 0 Å². The highest BCUT2D eigenvalue weighted by atomic mass is 15.3. The monoisotopic (exact) mass is 180 g/mol. The number of anilines is 1. The Morgan fingerprint density at radius 1 is 1.31 bits per heavy atom. The fourth-order valence-corrected chi connectivity index (χ4v) is 0.700. The van der Waals surface area contributed by atoms with Crippen molar-refractivity contribution < 1.29 is 0 Å². The molecule has 0 spiro atoms. The highest BCUT2D eigenvalue weighted by Gasteiger charge is 1.82. The Kier molecular flexibility index (Phi) is 3.02. The second-order valence-electron chi connectivity index (χ2n) is 2.48. The van der Waals surface area contributed by atoms with Crippen molar-refractivity contribution in [2.45, 2.75) is 0 Å². The first-order valence-corrected chi connectivity index (χ1v) is 3.72. The van der Waals surface area contributed by atoms with Crippen LogP contribution in [0.4, 0.5) is 5.82 Å². The van der Waals surface area contributed by atoms with E-state index in [1.807, 2.05) is 14.1 Å². The van der Waals surface area contributed by atoms with E-state index < -0.39 is 0 Å². The summed E-state index contributed by atoms with van der Waals surface area (Å²) in [5.41, 5.74) is 5.25. The minimum atomic E-state index is 0.572. The van der Waals surface area contributed by atoms with Crippen molar-refractivity contribution >= 4 is 5.82 Å². The van der Waals surface area contributed by atoms with Gasteiger partial charge in [-0.05, 0) is 6.07 Å². The molecule has 6 nitrogen and oxygen atoms in total. The van der Waals surface area contributed by atoms with Gasteiger partial charge in [0.25, 0.3) is 0 Å². The van der Waals surface area contributed by atoms with Crippen LogP contribution in [0.15, 0.2) is 24.9 Å². The van der Waals surface area contributed by atoms with Crippen molar-refractivity contribution in [3.63, 3.8) is 0 Å². The molecule has 6 heteroatoms. The zero-order valence-electron chi connectivity index (χ0n) is 7.62. The summed E-state index contributed by atoms with van der Waals surface area (Å²) in [6.45, 7) is 0. The van der Waals surface area contributed by atoms with Crippen LogP contribution >= 0.6 is 0 Å². The van der Waals surface area contributed by atoms with Gasteiger partial charge in [-0.15, -0.1) is 0 Å². The number of hydrogen-bond donors (Lipinski definition) is 1. The van der Waals surface area contributed by atoms with E-state index >= 15 is 0 Å². The predicted molar refractivity (Wildman–Crippen MR) is 48.6 cm³/mol. The lowest BCUT2D eigenvalue weighted by Crippen LogP contribution is -1.89. The molecule has 0 amide bonds. The van der Waals surface area contributed by atoms with Crippen molar-refractivity contribution in [2.75, 3.05) is 5.73 Å². The fourth-order valence-electron chi connectivity index (χ4n) is 0.700. The van der Waals surface area contributed by atoms with Crippen LogP contribution in [0.5, 0.6) is 0 Å². The first-order valence-electron chi connectivity index (χ1n) is 3.72. The van der Waals surface area contributed by atoms with E-state index in [1.165, 1.54) is 6.33 Å². The van der Waals surface area contributed by atoms with E-state index in [2.05, 4.69) is 15.2 Å². The average Bonchev–Trinajstić information content (AvgIpc) is 2.64. The van der Waals surface area contributed by atoms with Crippen LogP contribution in [0.2, 0.25) is 0 Å². The number of aromatic nitrogens is 5. The summed E-state index contributed by atoms with van der Waals surface area (Å²) in [5, 5.41) is 7.53. The van der Waals surface area contributed by atoms with Crippen molar-refractivity contribution in [1.82, 2.24) is 24.5 Å². The Morgan fingerprint density at radius 2 is 2.08 bits per heavy atom. The van der Waals surface area contributed by atoms with Crippen molar-refractivity contribution in [3.8, 4) is 0 Å². The number of nitrogens with zero attached hydrogens (tertiary/aromatic N) is 5. The minimum Gasteiger partial charge on any atom is -0.382 e. The summed E-state index contributed by atoms with van der Waals surface area (Å²) < 4.78 is 3.30. The molecule has 0 atom stereocenters. The highest BCUT2D eigenvalue weighted by Crippen LogP contribution is 1.90. The molecule has 0 saturated heterocycles. The number of nitrogen functional groups attached to an aromatic ring is 1. The molecule has 2 N–H and O–H groups in total. The molecule has 0 aliphatic carbocycles. The lowest BCUT2D eigenvalue weighted by Gasteiger charge is -1.79.